The molecule has 0 unspecified atom stereocenters. The molecule has 0 amide bonds. The van der Waals surface area contributed by atoms with E-state index in [1.165, 1.54) is 32.1 Å². The van der Waals surface area contributed by atoms with E-state index in [0.29, 0.717) is 17.4 Å². The number of ether oxygens (including phenoxy) is 1. The fourth-order valence-corrected chi connectivity index (χ4v) is 5.25. The van der Waals surface area contributed by atoms with Crippen LogP contribution in [0.4, 0.5) is 10.1 Å². The number of halogens is 1. The first-order chi connectivity index (χ1) is 15.5. The van der Waals surface area contributed by atoms with Gasteiger partial charge in [0.2, 0.25) is 0 Å². The van der Waals surface area contributed by atoms with Crippen LogP contribution in [0, 0.1) is 24.6 Å². The van der Waals surface area contributed by atoms with E-state index in [-0.39, 0.29) is 11.8 Å². The summed E-state index contributed by atoms with van der Waals surface area (Å²) in [5.74, 6) is 1.01. The van der Waals surface area contributed by atoms with E-state index in [2.05, 4.69) is 21.9 Å². The third-order valence-corrected chi connectivity index (χ3v) is 7.17. The van der Waals surface area contributed by atoms with Crippen LogP contribution in [0.15, 0.2) is 42.5 Å². The van der Waals surface area contributed by atoms with Gasteiger partial charge in [-0.3, -0.25) is 0 Å². The van der Waals surface area contributed by atoms with Crippen molar-refractivity contribution in [2.45, 2.75) is 39.0 Å². The van der Waals surface area contributed by atoms with Crippen molar-refractivity contribution in [3.05, 3.63) is 65.0 Å². The average molecular weight is 439 g/mol. The highest BCUT2D eigenvalue weighted by atomic mass is 19.1. The van der Waals surface area contributed by atoms with Gasteiger partial charge in [0.1, 0.15) is 5.82 Å². The van der Waals surface area contributed by atoms with Gasteiger partial charge in [-0.15, -0.1) is 0 Å². The van der Waals surface area contributed by atoms with Crippen molar-refractivity contribution in [3.63, 3.8) is 0 Å². The van der Waals surface area contributed by atoms with Crippen molar-refractivity contribution in [2.24, 2.45) is 11.8 Å². The number of carbonyl (C=O) groups is 1. The quantitative estimate of drug-likeness (QED) is 0.588. The minimum absolute atomic E-state index is 0.154. The van der Waals surface area contributed by atoms with Crippen molar-refractivity contribution >= 4 is 11.7 Å². The van der Waals surface area contributed by atoms with Gasteiger partial charge in [0, 0.05) is 19.6 Å². The second kappa shape index (κ2) is 10.5. The third-order valence-electron chi connectivity index (χ3n) is 7.17. The van der Waals surface area contributed by atoms with E-state index in [1.54, 1.807) is 12.1 Å². The lowest BCUT2D eigenvalue weighted by molar-refractivity contribution is 0.0601. The van der Waals surface area contributed by atoms with Gasteiger partial charge in [-0.05, 0) is 93.8 Å². The molecule has 0 bridgehead atoms. The first-order valence-electron chi connectivity index (χ1n) is 11.9. The van der Waals surface area contributed by atoms with Gasteiger partial charge in [0.15, 0.2) is 0 Å². The minimum Gasteiger partial charge on any atom is -0.465 e. The number of aryl methyl sites for hydroxylation is 1. The van der Waals surface area contributed by atoms with Gasteiger partial charge in [0.05, 0.1) is 18.4 Å². The molecule has 0 atom stereocenters. The Labute approximate surface area is 191 Å². The van der Waals surface area contributed by atoms with Crippen LogP contribution in [0.1, 0.15) is 47.2 Å². The van der Waals surface area contributed by atoms with Gasteiger partial charge in [-0.1, -0.05) is 23.8 Å². The Bertz CT molecular complexity index is 898. The lowest BCUT2D eigenvalue weighted by Gasteiger charge is -2.38. The van der Waals surface area contributed by atoms with E-state index in [1.807, 2.05) is 25.1 Å². The molecule has 2 aliphatic heterocycles. The van der Waals surface area contributed by atoms with Gasteiger partial charge in [0.25, 0.3) is 0 Å². The zero-order chi connectivity index (χ0) is 22.5. The highest BCUT2D eigenvalue weighted by Gasteiger charge is 2.26. The van der Waals surface area contributed by atoms with Gasteiger partial charge < -0.3 is 14.5 Å². The summed E-state index contributed by atoms with van der Waals surface area (Å²) in [6.07, 6.45) is 5.82. The van der Waals surface area contributed by atoms with Gasteiger partial charge in [-0.2, -0.15) is 0 Å². The molecule has 0 saturated carbocycles. The van der Waals surface area contributed by atoms with Crippen LogP contribution < -0.4 is 4.90 Å². The van der Waals surface area contributed by atoms with E-state index in [4.69, 9.17) is 4.74 Å². The molecule has 2 aliphatic rings. The third kappa shape index (κ3) is 5.69. The van der Waals surface area contributed by atoms with Crippen molar-refractivity contribution in [3.8, 4) is 0 Å². The first-order valence-corrected chi connectivity index (χ1v) is 11.9. The van der Waals surface area contributed by atoms with Crippen LogP contribution in [0.2, 0.25) is 0 Å². The summed E-state index contributed by atoms with van der Waals surface area (Å²) in [5, 5.41) is 0. The van der Waals surface area contributed by atoms with Gasteiger partial charge in [-0.25, -0.2) is 9.18 Å². The molecule has 2 saturated heterocycles. The second-order valence-corrected chi connectivity index (χ2v) is 9.52. The van der Waals surface area contributed by atoms with Crippen LogP contribution in [0.3, 0.4) is 0 Å². The average Bonchev–Trinajstić information content (AvgIpc) is 2.82. The number of hydrogen-bond donors (Lipinski definition) is 0. The van der Waals surface area contributed by atoms with E-state index in [9.17, 15) is 9.18 Å². The zero-order valence-corrected chi connectivity index (χ0v) is 19.4. The maximum atomic E-state index is 13.1. The summed E-state index contributed by atoms with van der Waals surface area (Å²) in [7, 11) is 1.45. The first kappa shape index (κ1) is 22.8. The molecule has 2 heterocycles. The molecular formula is C27H35FN2O2. The number of rotatable bonds is 6. The number of hydrogen-bond acceptors (Lipinski definition) is 4. The monoisotopic (exact) mass is 438 g/mol. The molecule has 4 nitrogen and oxygen atoms in total. The molecule has 0 aromatic heterocycles. The summed E-state index contributed by atoms with van der Waals surface area (Å²) >= 11 is 0. The Morgan fingerprint density at radius 2 is 1.62 bits per heavy atom. The molecule has 0 aliphatic carbocycles. The van der Waals surface area contributed by atoms with Crippen LogP contribution in [0.25, 0.3) is 0 Å². The molecule has 172 valence electrons. The minimum atomic E-state index is -0.255. The van der Waals surface area contributed by atoms with Crippen molar-refractivity contribution in [2.75, 3.05) is 44.7 Å². The molecule has 5 heteroatoms. The Kier molecular flexibility index (Phi) is 7.46. The summed E-state index contributed by atoms with van der Waals surface area (Å²) in [4.78, 5) is 17.2. The number of esters is 1. The molecule has 2 fully saturated rings. The predicted molar refractivity (Wildman–Crippen MR) is 127 cm³/mol. The number of piperidine rings is 2. The van der Waals surface area contributed by atoms with E-state index in [0.717, 1.165) is 56.7 Å². The molecule has 32 heavy (non-hydrogen) atoms. The smallest absolute Gasteiger partial charge is 0.339 e. The molecule has 0 spiro atoms. The number of carbonyl (C=O) groups excluding carboxylic acids is 1. The Balaban J connectivity index is 1.24. The lowest BCUT2D eigenvalue weighted by atomic mass is 9.89. The maximum absolute atomic E-state index is 13.1. The fraction of sp³-hybridized carbons (Fsp3) is 0.519. The molecule has 0 N–H and O–H groups in total. The number of methoxy groups -OCH3 is 1. The van der Waals surface area contributed by atoms with Crippen LogP contribution in [-0.2, 0) is 11.2 Å². The van der Waals surface area contributed by atoms with Crippen molar-refractivity contribution < 1.29 is 13.9 Å². The normalized spacial score (nSPS) is 18.7. The Morgan fingerprint density at radius 1 is 0.969 bits per heavy atom. The maximum Gasteiger partial charge on any atom is 0.339 e. The second-order valence-electron chi connectivity index (χ2n) is 9.52. The molecule has 2 aromatic carbocycles. The van der Waals surface area contributed by atoms with Crippen molar-refractivity contribution in [1.29, 1.82) is 0 Å². The van der Waals surface area contributed by atoms with Crippen molar-refractivity contribution in [1.82, 2.24) is 4.90 Å². The number of nitrogens with zero attached hydrogens (tertiary/aromatic N) is 2. The van der Waals surface area contributed by atoms with Crippen LogP contribution in [-0.4, -0.2) is 50.7 Å². The number of anilines is 1. The predicted octanol–water partition coefficient (Wildman–Crippen LogP) is 5.09. The molecule has 0 radical (unpaired) electrons. The van der Waals surface area contributed by atoms with E-state index < -0.39 is 0 Å². The van der Waals surface area contributed by atoms with Gasteiger partial charge >= 0.3 is 5.97 Å². The molecule has 4 rings (SSSR count). The standard InChI is InChI=1S/C27H35FN2O2/c1-20-3-8-26(25(17-20)27(31)32-2)30-15-11-23(12-16-30)19-29-13-9-22(10-14-29)18-21-4-6-24(28)7-5-21/h3-8,17,22-23H,9-16,18-19H2,1-2H3. The SMILES string of the molecule is COC(=O)c1cc(C)ccc1N1CCC(CN2CCC(Cc3ccc(F)cc3)CC2)CC1. The Morgan fingerprint density at radius 3 is 2.28 bits per heavy atom. The Hall–Kier alpha value is -2.40. The van der Waals surface area contributed by atoms with Crippen LogP contribution >= 0.6 is 0 Å². The zero-order valence-electron chi connectivity index (χ0n) is 19.4. The molecular weight excluding hydrogens is 403 g/mol. The lowest BCUT2D eigenvalue weighted by Crippen LogP contribution is -2.42. The summed E-state index contributed by atoms with van der Waals surface area (Å²) < 4.78 is 18.1. The summed E-state index contributed by atoms with van der Waals surface area (Å²) in [6.45, 7) is 7.48. The summed E-state index contributed by atoms with van der Waals surface area (Å²) in [6, 6.07) is 13.1. The summed E-state index contributed by atoms with van der Waals surface area (Å²) in [5.41, 5.74) is 4.00. The van der Waals surface area contributed by atoms with Crippen LogP contribution in [0.5, 0.6) is 0 Å². The number of likely N-dealkylation sites (tertiary alicyclic amines) is 1. The highest BCUT2D eigenvalue weighted by Crippen LogP contribution is 2.29. The highest BCUT2D eigenvalue weighted by molar-refractivity contribution is 5.96. The fourth-order valence-electron chi connectivity index (χ4n) is 5.25. The van der Waals surface area contributed by atoms with E-state index >= 15 is 0 Å². The number of benzene rings is 2. The molecule has 2 aromatic rings. The topological polar surface area (TPSA) is 32.8 Å². The largest absolute Gasteiger partial charge is 0.465 e.